The Morgan fingerprint density at radius 1 is 1.35 bits per heavy atom. The second-order valence-electron chi connectivity index (χ2n) is 5.59. The minimum Gasteiger partial charge on any atom is -0.313 e. The largest absolute Gasteiger partial charge is 0.313 e. The summed E-state index contributed by atoms with van der Waals surface area (Å²) in [6.45, 7) is 8.00. The van der Waals surface area contributed by atoms with Gasteiger partial charge in [-0.1, -0.05) is 50.1 Å². The summed E-state index contributed by atoms with van der Waals surface area (Å²) in [5.41, 5.74) is 2.88. The first-order chi connectivity index (χ1) is 8.20. The lowest BCUT2D eigenvalue weighted by atomic mass is 9.85. The molecule has 2 rings (SSSR count). The van der Waals surface area contributed by atoms with Gasteiger partial charge in [0.1, 0.15) is 0 Å². The van der Waals surface area contributed by atoms with Gasteiger partial charge in [-0.05, 0) is 37.2 Å². The van der Waals surface area contributed by atoms with Gasteiger partial charge >= 0.3 is 0 Å². The van der Waals surface area contributed by atoms with Crippen LogP contribution in [0.2, 0.25) is 0 Å². The van der Waals surface area contributed by atoms with Crippen LogP contribution in [0.1, 0.15) is 50.2 Å². The third kappa shape index (κ3) is 3.57. The number of hydrogen-bond acceptors (Lipinski definition) is 1. The van der Waals surface area contributed by atoms with Crippen molar-refractivity contribution in [2.45, 2.75) is 52.0 Å². The van der Waals surface area contributed by atoms with Crippen molar-refractivity contribution < 1.29 is 0 Å². The van der Waals surface area contributed by atoms with Crippen molar-refractivity contribution in [2.24, 2.45) is 5.92 Å². The summed E-state index contributed by atoms with van der Waals surface area (Å²) in [4.78, 5) is 0. The van der Waals surface area contributed by atoms with Gasteiger partial charge in [0.2, 0.25) is 0 Å². The van der Waals surface area contributed by atoms with E-state index in [1.165, 1.54) is 30.4 Å². The van der Waals surface area contributed by atoms with Crippen molar-refractivity contribution in [2.75, 3.05) is 6.54 Å². The molecule has 2 atom stereocenters. The lowest BCUT2D eigenvalue weighted by Gasteiger charge is -2.24. The van der Waals surface area contributed by atoms with E-state index in [0.717, 1.165) is 18.5 Å². The highest BCUT2D eigenvalue weighted by molar-refractivity contribution is 5.26. The first-order valence-electron chi connectivity index (χ1n) is 7.00. The standard InChI is InChI=1S/C16H25N/c1-4-13(3)16(11-17-15-8-9-15)14-7-5-6-12(2)10-14/h5-7,10,13,15-17H,4,8-9,11H2,1-3H3. The highest BCUT2D eigenvalue weighted by Gasteiger charge is 2.24. The van der Waals surface area contributed by atoms with E-state index in [4.69, 9.17) is 0 Å². The summed E-state index contributed by atoms with van der Waals surface area (Å²) in [7, 11) is 0. The quantitative estimate of drug-likeness (QED) is 0.783. The molecule has 1 fully saturated rings. The molecule has 0 radical (unpaired) electrons. The predicted molar refractivity (Wildman–Crippen MR) is 74.4 cm³/mol. The molecule has 1 aliphatic carbocycles. The number of aryl methyl sites for hydroxylation is 1. The lowest BCUT2D eigenvalue weighted by Crippen LogP contribution is -2.27. The third-order valence-corrected chi connectivity index (χ3v) is 4.00. The van der Waals surface area contributed by atoms with Crippen LogP contribution < -0.4 is 5.32 Å². The minimum absolute atomic E-state index is 0.667. The summed E-state index contributed by atoms with van der Waals surface area (Å²) in [5, 5.41) is 3.69. The van der Waals surface area contributed by atoms with Gasteiger partial charge in [0, 0.05) is 12.6 Å². The molecule has 0 amide bonds. The zero-order valence-electron chi connectivity index (χ0n) is 11.4. The van der Waals surface area contributed by atoms with Gasteiger partial charge < -0.3 is 5.32 Å². The molecule has 1 N–H and O–H groups in total. The van der Waals surface area contributed by atoms with E-state index in [1.54, 1.807) is 0 Å². The molecule has 0 heterocycles. The van der Waals surface area contributed by atoms with Gasteiger partial charge in [-0.15, -0.1) is 0 Å². The Morgan fingerprint density at radius 2 is 2.12 bits per heavy atom. The van der Waals surface area contributed by atoms with Gasteiger partial charge in [0.05, 0.1) is 0 Å². The van der Waals surface area contributed by atoms with E-state index >= 15 is 0 Å². The molecule has 1 heteroatoms. The predicted octanol–water partition coefficient (Wildman–Crippen LogP) is 3.88. The van der Waals surface area contributed by atoms with Crippen LogP contribution in [0, 0.1) is 12.8 Å². The van der Waals surface area contributed by atoms with E-state index < -0.39 is 0 Å². The molecule has 0 aromatic heterocycles. The molecule has 1 aromatic carbocycles. The van der Waals surface area contributed by atoms with Crippen molar-refractivity contribution >= 4 is 0 Å². The number of benzene rings is 1. The molecule has 94 valence electrons. The zero-order valence-corrected chi connectivity index (χ0v) is 11.4. The van der Waals surface area contributed by atoms with Crippen molar-refractivity contribution in [1.29, 1.82) is 0 Å². The maximum Gasteiger partial charge on any atom is 0.00684 e. The van der Waals surface area contributed by atoms with Gasteiger partial charge in [-0.3, -0.25) is 0 Å². The number of hydrogen-bond donors (Lipinski definition) is 1. The Kier molecular flexibility index (Phi) is 4.22. The molecule has 1 saturated carbocycles. The average molecular weight is 231 g/mol. The fourth-order valence-electron chi connectivity index (χ4n) is 2.41. The van der Waals surface area contributed by atoms with Gasteiger partial charge in [0.25, 0.3) is 0 Å². The Balaban J connectivity index is 2.07. The molecule has 0 saturated heterocycles. The zero-order chi connectivity index (χ0) is 12.3. The molecule has 0 spiro atoms. The maximum absolute atomic E-state index is 3.69. The van der Waals surface area contributed by atoms with Crippen LogP contribution in [0.3, 0.4) is 0 Å². The van der Waals surface area contributed by atoms with Crippen LogP contribution in [0.15, 0.2) is 24.3 Å². The molecule has 0 bridgehead atoms. The highest BCUT2D eigenvalue weighted by Crippen LogP contribution is 2.28. The van der Waals surface area contributed by atoms with Crippen molar-refractivity contribution in [3.8, 4) is 0 Å². The van der Waals surface area contributed by atoms with E-state index in [1.807, 2.05) is 0 Å². The Bertz CT molecular complexity index is 354. The average Bonchev–Trinajstić information content (AvgIpc) is 3.13. The van der Waals surface area contributed by atoms with Crippen molar-refractivity contribution in [3.05, 3.63) is 35.4 Å². The summed E-state index contributed by atoms with van der Waals surface area (Å²) in [6.07, 6.45) is 4.01. The molecule has 0 aliphatic heterocycles. The lowest BCUT2D eigenvalue weighted by molar-refractivity contribution is 0.419. The van der Waals surface area contributed by atoms with Crippen LogP contribution in [0.25, 0.3) is 0 Å². The van der Waals surface area contributed by atoms with E-state index in [9.17, 15) is 0 Å². The third-order valence-electron chi connectivity index (χ3n) is 4.00. The van der Waals surface area contributed by atoms with Gasteiger partial charge in [-0.2, -0.15) is 0 Å². The smallest absolute Gasteiger partial charge is 0.00684 e. The summed E-state index contributed by atoms with van der Waals surface area (Å²) in [6, 6.07) is 9.83. The monoisotopic (exact) mass is 231 g/mol. The van der Waals surface area contributed by atoms with Crippen molar-refractivity contribution in [3.63, 3.8) is 0 Å². The molecule has 1 nitrogen and oxygen atoms in total. The molecular weight excluding hydrogens is 206 g/mol. The van der Waals surface area contributed by atoms with E-state index in [2.05, 4.69) is 50.4 Å². The second kappa shape index (κ2) is 5.68. The highest BCUT2D eigenvalue weighted by atomic mass is 14.9. The van der Waals surface area contributed by atoms with Crippen LogP contribution in [-0.2, 0) is 0 Å². The maximum atomic E-state index is 3.69. The second-order valence-corrected chi connectivity index (χ2v) is 5.59. The van der Waals surface area contributed by atoms with Crippen LogP contribution >= 0.6 is 0 Å². The molecular formula is C16H25N. The van der Waals surface area contributed by atoms with Crippen LogP contribution in [-0.4, -0.2) is 12.6 Å². The minimum atomic E-state index is 0.667. The van der Waals surface area contributed by atoms with Crippen molar-refractivity contribution in [1.82, 2.24) is 5.32 Å². The van der Waals surface area contributed by atoms with E-state index in [0.29, 0.717) is 5.92 Å². The molecule has 1 aliphatic rings. The Morgan fingerprint density at radius 3 is 2.71 bits per heavy atom. The van der Waals surface area contributed by atoms with E-state index in [-0.39, 0.29) is 0 Å². The number of nitrogens with one attached hydrogen (secondary N) is 1. The number of rotatable bonds is 6. The Labute approximate surface area is 106 Å². The molecule has 2 unspecified atom stereocenters. The first-order valence-corrected chi connectivity index (χ1v) is 7.00. The topological polar surface area (TPSA) is 12.0 Å². The van der Waals surface area contributed by atoms with Crippen LogP contribution in [0.4, 0.5) is 0 Å². The first kappa shape index (κ1) is 12.6. The SMILES string of the molecule is CCC(C)C(CNC1CC1)c1cccc(C)c1. The Hall–Kier alpha value is -0.820. The fraction of sp³-hybridized carbons (Fsp3) is 0.625. The molecule has 1 aromatic rings. The van der Waals surface area contributed by atoms with Gasteiger partial charge in [-0.25, -0.2) is 0 Å². The summed E-state index contributed by atoms with van der Waals surface area (Å²) in [5.74, 6) is 1.42. The molecule has 17 heavy (non-hydrogen) atoms. The fourth-order valence-corrected chi connectivity index (χ4v) is 2.41. The summed E-state index contributed by atoms with van der Waals surface area (Å²) >= 11 is 0. The normalized spacial score (nSPS) is 19.0. The van der Waals surface area contributed by atoms with Crippen LogP contribution in [0.5, 0.6) is 0 Å². The summed E-state index contributed by atoms with van der Waals surface area (Å²) < 4.78 is 0. The van der Waals surface area contributed by atoms with Gasteiger partial charge in [0.15, 0.2) is 0 Å².